The maximum Gasteiger partial charge on any atom is 0.235 e. The Morgan fingerprint density at radius 2 is 1.68 bits per heavy atom. The fraction of sp³-hybridized carbons (Fsp3) is 0.480. The van der Waals surface area contributed by atoms with Gasteiger partial charge in [-0.2, -0.15) is 0 Å². The highest BCUT2D eigenvalue weighted by Crippen LogP contribution is 2.43. The van der Waals surface area contributed by atoms with E-state index in [2.05, 4.69) is 40.2 Å². The van der Waals surface area contributed by atoms with E-state index < -0.39 is 0 Å². The molecule has 31 heavy (non-hydrogen) atoms. The minimum atomic E-state index is -0.336. The van der Waals surface area contributed by atoms with Gasteiger partial charge in [0.05, 0.1) is 16.1 Å². The molecule has 2 aliphatic heterocycles. The third kappa shape index (κ3) is 5.02. The Labute approximate surface area is 197 Å². The maximum absolute atomic E-state index is 12.7. The van der Waals surface area contributed by atoms with Crippen LogP contribution >= 0.6 is 24.0 Å². The summed E-state index contributed by atoms with van der Waals surface area (Å²) in [5.74, 6) is 0.182. The predicted molar refractivity (Wildman–Crippen MR) is 133 cm³/mol. The molecule has 0 radical (unpaired) electrons. The molecular formula is C25H33Cl2N3O. The Bertz CT molecular complexity index is 883. The van der Waals surface area contributed by atoms with Gasteiger partial charge < -0.3 is 10.2 Å². The van der Waals surface area contributed by atoms with Crippen LogP contribution in [0, 0.1) is 0 Å². The summed E-state index contributed by atoms with van der Waals surface area (Å²) in [7, 11) is 0. The summed E-state index contributed by atoms with van der Waals surface area (Å²) in [6, 6.07) is 16.3. The number of rotatable bonds is 8. The molecule has 1 amide bonds. The quantitative estimate of drug-likeness (QED) is 0.508. The van der Waals surface area contributed by atoms with Crippen LogP contribution in [-0.2, 0) is 10.2 Å². The normalized spacial score (nSPS) is 20.8. The summed E-state index contributed by atoms with van der Waals surface area (Å²) in [5, 5.41) is 3.93. The molecule has 2 heterocycles. The topological polar surface area (TPSA) is 35.6 Å². The Morgan fingerprint density at radius 1 is 0.968 bits per heavy atom. The van der Waals surface area contributed by atoms with Gasteiger partial charge in [-0.05, 0) is 49.6 Å². The zero-order valence-corrected chi connectivity index (χ0v) is 19.9. The minimum Gasteiger partial charge on any atom is -0.368 e. The van der Waals surface area contributed by atoms with E-state index in [4.69, 9.17) is 11.6 Å². The molecular weight excluding hydrogens is 429 g/mol. The Hall–Kier alpha value is -1.75. The molecule has 2 aliphatic rings. The number of hydrogen-bond donors (Lipinski definition) is 1. The van der Waals surface area contributed by atoms with Crippen LogP contribution in [0.25, 0.3) is 0 Å². The number of nitrogens with zero attached hydrogens (tertiary/aromatic N) is 2. The molecule has 2 aromatic rings. The zero-order chi connectivity index (χ0) is 21.0. The molecule has 1 unspecified atom stereocenters. The van der Waals surface area contributed by atoms with Crippen molar-refractivity contribution in [3.05, 3.63) is 59.1 Å². The number of carbonyl (C=O) groups is 1. The number of unbranched alkanes of at least 4 members (excludes halogenated alkanes) is 2. The second-order valence-corrected chi connectivity index (χ2v) is 8.93. The van der Waals surface area contributed by atoms with Gasteiger partial charge in [-0.15, -0.1) is 12.4 Å². The number of para-hydroxylation sites is 2. The number of hydrogen-bond acceptors (Lipinski definition) is 3. The highest BCUT2D eigenvalue weighted by atomic mass is 35.5. The van der Waals surface area contributed by atoms with E-state index in [-0.39, 0.29) is 23.7 Å². The van der Waals surface area contributed by atoms with Gasteiger partial charge in [0, 0.05) is 31.9 Å². The predicted octanol–water partition coefficient (Wildman–Crippen LogP) is 5.74. The maximum atomic E-state index is 12.7. The third-order valence-corrected chi connectivity index (χ3v) is 7.19. The van der Waals surface area contributed by atoms with Crippen molar-refractivity contribution in [3.8, 4) is 0 Å². The number of amides is 1. The number of anilines is 2. The first-order valence-electron chi connectivity index (χ1n) is 11.3. The van der Waals surface area contributed by atoms with Crippen molar-refractivity contribution < 1.29 is 4.79 Å². The van der Waals surface area contributed by atoms with Crippen molar-refractivity contribution in [1.29, 1.82) is 0 Å². The standard InChI is InChI=1S/C25H32ClN3O.ClH/c1-2-25(20-10-4-6-12-22(20)27-24(25)30)14-8-3-9-15-28-16-18-29(19-17-28)23-13-7-5-11-21(23)26;/h4-7,10-13H,2-3,8-9,14-19H2,1H3,(H,27,30);1H. The lowest BCUT2D eigenvalue weighted by atomic mass is 9.75. The SMILES string of the molecule is CCC1(CCCCCN2CCN(c3ccccc3Cl)CC2)C(=O)Nc2ccccc21.Cl. The lowest BCUT2D eigenvalue weighted by Gasteiger charge is -2.36. The molecule has 0 bridgehead atoms. The van der Waals surface area contributed by atoms with Crippen molar-refractivity contribution in [2.45, 2.75) is 44.4 Å². The average Bonchev–Trinajstić information content (AvgIpc) is 3.06. The monoisotopic (exact) mass is 461 g/mol. The van der Waals surface area contributed by atoms with Crippen molar-refractivity contribution in [3.63, 3.8) is 0 Å². The van der Waals surface area contributed by atoms with Crippen LogP contribution < -0.4 is 10.2 Å². The highest BCUT2D eigenvalue weighted by molar-refractivity contribution is 6.33. The third-order valence-electron chi connectivity index (χ3n) is 6.87. The second kappa shape index (κ2) is 10.7. The fourth-order valence-corrected chi connectivity index (χ4v) is 5.26. The average molecular weight is 462 g/mol. The summed E-state index contributed by atoms with van der Waals surface area (Å²) in [6.07, 6.45) is 5.25. The lowest BCUT2D eigenvalue weighted by molar-refractivity contribution is -0.121. The number of benzene rings is 2. The largest absolute Gasteiger partial charge is 0.368 e. The van der Waals surface area contributed by atoms with Gasteiger partial charge >= 0.3 is 0 Å². The van der Waals surface area contributed by atoms with Gasteiger partial charge in [-0.1, -0.05) is 61.7 Å². The fourth-order valence-electron chi connectivity index (χ4n) is 5.01. The van der Waals surface area contributed by atoms with E-state index in [0.29, 0.717) is 0 Å². The molecule has 4 nitrogen and oxygen atoms in total. The van der Waals surface area contributed by atoms with Crippen LogP contribution in [0.15, 0.2) is 48.5 Å². The van der Waals surface area contributed by atoms with Crippen LogP contribution in [0.5, 0.6) is 0 Å². The molecule has 168 valence electrons. The minimum absolute atomic E-state index is 0. The Kier molecular flexibility index (Phi) is 8.26. The zero-order valence-electron chi connectivity index (χ0n) is 18.3. The van der Waals surface area contributed by atoms with Crippen molar-refractivity contribution in [2.75, 3.05) is 42.9 Å². The van der Waals surface area contributed by atoms with E-state index in [9.17, 15) is 4.79 Å². The smallest absolute Gasteiger partial charge is 0.235 e. The summed E-state index contributed by atoms with van der Waals surface area (Å²) in [5.41, 5.74) is 3.00. The van der Waals surface area contributed by atoms with Crippen LogP contribution in [0.3, 0.4) is 0 Å². The van der Waals surface area contributed by atoms with E-state index in [1.807, 2.05) is 30.3 Å². The van der Waals surface area contributed by atoms with Crippen molar-refractivity contribution >= 4 is 41.3 Å². The second-order valence-electron chi connectivity index (χ2n) is 8.53. The molecule has 1 atom stereocenters. The molecule has 1 N–H and O–H groups in total. The van der Waals surface area contributed by atoms with E-state index in [1.54, 1.807) is 0 Å². The Morgan fingerprint density at radius 3 is 2.42 bits per heavy atom. The Balaban J connectivity index is 0.00000272. The summed E-state index contributed by atoms with van der Waals surface area (Å²) in [6.45, 7) is 7.50. The summed E-state index contributed by atoms with van der Waals surface area (Å²) < 4.78 is 0. The number of halogens is 2. The van der Waals surface area contributed by atoms with Crippen LogP contribution in [-0.4, -0.2) is 43.5 Å². The van der Waals surface area contributed by atoms with Crippen molar-refractivity contribution in [2.24, 2.45) is 0 Å². The van der Waals surface area contributed by atoms with Gasteiger partial charge in [0.1, 0.15) is 0 Å². The summed E-state index contributed by atoms with van der Waals surface area (Å²) >= 11 is 6.35. The molecule has 2 aromatic carbocycles. The molecule has 1 fully saturated rings. The molecule has 1 saturated heterocycles. The van der Waals surface area contributed by atoms with Gasteiger partial charge in [0.2, 0.25) is 5.91 Å². The first-order chi connectivity index (χ1) is 14.6. The molecule has 6 heteroatoms. The van der Waals surface area contributed by atoms with E-state index in [1.165, 1.54) is 18.4 Å². The number of piperazine rings is 1. The summed E-state index contributed by atoms with van der Waals surface area (Å²) in [4.78, 5) is 17.7. The van der Waals surface area contributed by atoms with Crippen LogP contribution in [0.2, 0.25) is 5.02 Å². The highest BCUT2D eigenvalue weighted by Gasteiger charge is 2.44. The van der Waals surface area contributed by atoms with Gasteiger partial charge in [0.25, 0.3) is 0 Å². The number of carbonyl (C=O) groups excluding carboxylic acids is 1. The van der Waals surface area contributed by atoms with Crippen LogP contribution in [0.4, 0.5) is 11.4 Å². The van der Waals surface area contributed by atoms with Gasteiger partial charge in [0.15, 0.2) is 0 Å². The molecule has 0 aromatic heterocycles. The van der Waals surface area contributed by atoms with Gasteiger partial charge in [-0.25, -0.2) is 0 Å². The first-order valence-corrected chi connectivity index (χ1v) is 11.6. The molecule has 0 saturated carbocycles. The van der Waals surface area contributed by atoms with Crippen LogP contribution in [0.1, 0.15) is 44.6 Å². The van der Waals surface area contributed by atoms with E-state index in [0.717, 1.165) is 68.4 Å². The molecule has 0 aliphatic carbocycles. The molecule has 4 rings (SSSR count). The van der Waals surface area contributed by atoms with E-state index >= 15 is 0 Å². The first kappa shape index (κ1) is 23.9. The number of nitrogens with one attached hydrogen (secondary N) is 1. The van der Waals surface area contributed by atoms with Crippen molar-refractivity contribution in [1.82, 2.24) is 4.90 Å². The lowest BCUT2D eigenvalue weighted by Crippen LogP contribution is -2.46. The molecule has 0 spiro atoms. The number of fused-ring (bicyclic) bond motifs is 1. The van der Waals surface area contributed by atoms with Gasteiger partial charge in [-0.3, -0.25) is 9.69 Å².